The second-order valence-electron chi connectivity index (χ2n) is 5.52. The number of urea groups is 1. The van der Waals surface area contributed by atoms with Gasteiger partial charge in [0.05, 0.1) is 6.54 Å². The number of halogens is 1. The average Bonchev–Trinajstić information content (AvgIpc) is 2.46. The van der Waals surface area contributed by atoms with Crippen LogP contribution < -0.4 is 15.4 Å². The minimum Gasteiger partial charge on any atom is -0.492 e. The number of nitrogens with one attached hydrogen (secondary N) is 2. The van der Waals surface area contributed by atoms with E-state index in [1.54, 1.807) is 0 Å². The van der Waals surface area contributed by atoms with Gasteiger partial charge < -0.3 is 15.4 Å². The van der Waals surface area contributed by atoms with Crippen LogP contribution in [0.25, 0.3) is 0 Å². The number of ether oxygens (including phenoxy) is 1. The van der Waals surface area contributed by atoms with Gasteiger partial charge in [-0.2, -0.15) is 0 Å². The Morgan fingerprint density at radius 1 is 1.09 bits per heavy atom. The number of hydrogen-bond acceptors (Lipinski definition) is 2. The van der Waals surface area contributed by atoms with Crippen LogP contribution in [0.15, 0.2) is 40.9 Å². The molecule has 2 amide bonds. The van der Waals surface area contributed by atoms with Gasteiger partial charge in [-0.15, -0.1) is 0 Å². The highest BCUT2D eigenvalue weighted by Crippen LogP contribution is 2.20. The number of carbonyl (C=O) groups excluding carboxylic acids is 1. The highest BCUT2D eigenvalue weighted by Gasteiger charge is 2.03. The molecule has 0 aromatic heterocycles. The Hall–Kier alpha value is -2.01. The molecule has 0 aliphatic rings. The number of carbonyl (C=O) groups is 1. The second-order valence-corrected chi connectivity index (χ2v) is 6.37. The molecule has 0 fully saturated rings. The van der Waals surface area contributed by atoms with Crippen LogP contribution in [0.4, 0.5) is 10.5 Å². The Balaban J connectivity index is 1.75. The lowest BCUT2D eigenvalue weighted by Crippen LogP contribution is -2.32. The predicted molar refractivity (Wildman–Crippen MR) is 97.3 cm³/mol. The van der Waals surface area contributed by atoms with Crippen molar-refractivity contribution in [2.75, 3.05) is 18.5 Å². The van der Waals surface area contributed by atoms with Gasteiger partial charge in [-0.3, -0.25) is 0 Å². The summed E-state index contributed by atoms with van der Waals surface area (Å²) in [6.07, 6.45) is 0. The van der Waals surface area contributed by atoms with Crippen LogP contribution >= 0.6 is 15.9 Å². The van der Waals surface area contributed by atoms with E-state index in [0.29, 0.717) is 13.2 Å². The van der Waals surface area contributed by atoms with Crippen LogP contribution in [0, 0.1) is 20.8 Å². The van der Waals surface area contributed by atoms with Crippen LogP contribution in [0.2, 0.25) is 0 Å². The fourth-order valence-electron chi connectivity index (χ4n) is 2.20. The van der Waals surface area contributed by atoms with E-state index in [1.807, 2.05) is 51.1 Å². The van der Waals surface area contributed by atoms with E-state index in [2.05, 4.69) is 32.6 Å². The number of benzene rings is 2. The molecule has 0 radical (unpaired) electrons. The molecule has 0 aliphatic carbocycles. The average molecular weight is 377 g/mol. The third-order valence-electron chi connectivity index (χ3n) is 3.28. The van der Waals surface area contributed by atoms with Gasteiger partial charge in [0.25, 0.3) is 0 Å². The van der Waals surface area contributed by atoms with E-state index in [1.165, 1.54) is 0 Å². The number of amides is 2. The third kappa shape index (κ3) is 5.60. The minimum atomic E-state index is -0.246. The van der Waals surface area contributed by atoms with Crippen molar-refractivity contribution in [2.24, 2.45) is 0 Å². The third-order valence-corrected chi connectivity index (χ3v) is 4.14. The van der Waals surface area contributed by atoms with Crippen molar-refractivity contribution in [3.8, 4) is 5.75 Å². The van der Waals surface area contributed by atoms with Crippen molar-refractivity contribution < 1.29 is 9.53 Å². The fourth-order valence-corrected chi connectivity index (χ4v) is 2.57. The maximum atomic E-state index is 11.8. The molecule has 2 aromatic rings. The van der Waals surface area contributed by atoms with Crippen LogP contribution in [-0.4, -0.2) is 19.2 Å². The zero-order valence-corrected chi connectivity index (χ0v) is 15.2. The summed E-state index contributed by atoms with van der Waals surface area (Å²) in [5, 5.41) is 5.57. The molecule has 0 saturated heterocycles. The molecule has 0 saturated carbocycles. The lowest BCUT2D eigenvalue weighted by Gasteiger charge is -2.10. The van der Waals surface area contributed by atoms with Gasteiger partial charge in [0.2, 0.25) is 0 Å². The van der Waals surface area contributed by atoms with Gasteiger partial charge in [0.1, 0.15) is 12.4 Å². The van der Waals surface area contributed by atoms with Gasteiger partial charge in [-0.1, -0.05) is 28.1 Å². The van der Waals surface area contributed by atoms with Gasteiger partial charge in [0, 0.05) is 10.2 Å². The molecule has 0 heterocycles. The molecular formula is C18H21BrN2O2. The van der Waals surface area contributed by atoms with Gasteiger partial charge in [-0.05, 0) is 61.7 Å². The first-order chi connectivity index (χ1) is 10.9. The van der Waals surface area contributed by atoms with Crippen molar-refractivity contribution in [1.29, 1.82) is 0 Å². The molecule has 5 heteroatoms. The highest BCUT2D eigenvalue weighted by atomic mass is 79.9. The number of rotatable bonds is 5. The van der Waals surface area contributed by atoms with Crippen LogP contribution in [0.1, 0.15) is 16.7 Å². The van der Waals surface area contributed by atoms with Crippen LogP contribution in [-0.2, 0) is 0 Å². The van der Waals surface area contributed by atoms with Gasteiger partial charge >= 0.3 is 6.03 Å². The summed E-state index contributed by atoms with van der Waals surface area (Å²) in [7, 11) is 0. The zero-order valence-electron chi connectivity index (χ0n) is 13.6. The largest absolute Gasteiger partial charge is 0.492 e. The molecule has 23 heavy (non-hydrogen) atoms. The van der Waals surface area contributed by atoms with Crippen molar-refractivity contribution in [3.05, 3.63) is 57.6 Å². The van der Waals surface area contributed by atoms with Crippen molar-refractivity contribution in [2.45, 2.75) is 20.8 Å². The Morgan fingerprint density at radius 2 is 1.78 bits per heavy atom. The molecule has 0 bridgehead atoms. The first kappa shape index (κ1) is 17.3. The van der Waals surface area contributed by atoms with E-state index >= 15 is 0 Å². The van der Waals surface area contributed by atoms with E-state index in [4.69, 9.17) is 4.74 Å². The summed E-state index contributed by atoms with van der Waals surface area (Å²) in [4.78, 5) is 11.8. The highest BCUT2D eigenvalue weighted by molar-refractivity contribution is 9.10. The summed E-state index contributed by atoms with van der Waals surface area (Å²) >= 11 is 3.45. The Labute approximate surface area is 145 Å². The molecular weight excluding hydrogens is 356 g/mol. The minimum absolute atomic E-state index is 0.246. The Morgan fingerprint density at radius 3 is 2.43 bits per heavy atom. The monoisotopic (exact) mass is 376 g/mol. The van der Waals surface area contributed by atoms with Crippen molar-refractivity contribution in [3.63, 3.8) is 0 Å². The molecule has 0 unspecified atom stereocenters. The number of anilines is 1. The van der Waals surface area contributed by atoms with Crippen molar-refractivity contribution >= 4 is 27.6 Å². The maximum absolute atomic E-state index is 11.8. The molecule has 4 nitrogen and oxygen atoms in total. The Kier molecular flexibility index (Phi) is 6.04. The van der Waals surface area contributed by atoms with E-state index in [0.717, 1.165) is 32.6 Å². The van der Waals surface area contributed by atoms with Crippen molar-refractivity contribution in [1.82, 2.24) is 5.32 Å². The molecule has 0 spiro atoms. The van der Waals surface area contributed by atoms with E-state index in [-0.39, 0.29) is 6.03 Å². The number of hydrogen-bond donors (Lipinski definition) is 2. The van der Waals surface area contributed by atoms with Gasteiger partial charge in [0.15, 0.2) is 0 Å². The molecule has 2 aromatic carbocycles. The zero-order chi connectivity index (χ0) is 16.8. The first-order valence-corrected chi connectivity index (χ1v) is 8.25. The SMILES string of the molecule is Cc1cc(C)cc(OCCNC(=O)Nc2ccc(C)c(Br)c2)c1. The lowest BCUT2D eigenvalue weighted by atomic mass is 10.1. The molecule has 0 atom stereocenters. The first-order valence-electron chi connectivity index (χ1n) is 7.46. The van der Waals surface area contributed by atoms with Crippen LogP contribution in [0.5, 0.6) is 5.75 Å². The van der Waals surface area contributed by atoms with E-state index in [9.17, 15) is 4.79 Å². The summed E-state index contributed by atoms with van der Waals surface area (Å²) in [5.74, 6) is 0.826. The smallest absolute Gasteiger partial charge is 0.319 e. The lowest BCUT2D eigenvalue weighted by molar-refractivity contribution is 0.247. The second kappa shape index (κ2) is 8.02. The van der Waals surface area contributed by atoms with Crippen LogP contribution in [0.3, 0.4) is 0 Å². The molecule has 2 N–H and O–H groups in total. The normalized spacial score (nSPS) is 10.3. The number of aryl methyl sites for hydroxylation is 3. The standard InChI is InChI=1S/C18H21BrN2O2/c1-12-8-13(2)10-16(9-12)23-7-6-20-18(22)21-15-5-4-14(3)17(19)11-15/h4-5,8-11H,6-7H2,1-3H3,(H2,20,21,22). The molecule has 122 valence electrons. The molecule has 2 rings (SSSR count). The topological polar surface area (TPSA) is 50.4 Å². The van der Waals surface area contributed by atoms with Gasteiger partial charge in [-0.25, -0.2) is 4.79 Å². The summed E-state index contributed by atoms with van der Waals surface area (Å²) < 4.78 is 6.62. The Bertz CT molecular complexity index is 681. The fraction of sp³-hybridized carbons (Fsp3) is 0.278. The summed E-state index contributed by atoms with van der Waals surface area (Å²) in [5.41, 5.74) is 4.19. The quantitative estimate of drug-likeness (QED) is 0.750. The predicted octanol–water partition coefficient (Wildman–Crippen LogP) is 4.57. The maximum Gasteiger partial charge on any atom is 0.319 e. The molecule has 0 aliphatic heterocycles. The summed E-state index contributed by atoms with van der Waals surface area (Å²) in [6.45, 7) is 6.93. The summed E-state index contributed by atoms with van der Waals surface area (Å²) in [6, 6.07) is 11.5. The van der Waals surface area contributed by atoms with E-state index < -0.39 is 0 Å².